The van der Waals surface area contributed by atoms with Crippen LogP contribution in [0.4, 0.5) is 0 Å². The number of halogens is 2. The maximum atomic E-state index is 6.44. The van der Waals surface area contributed by atoms with Gasteiger partial charge in [-0.2, -0.15) is 5.10 Å². The largest absolute Gasteiger partial charge is 0.360 e. The van der Waals surface area contributed by atoms with Gasteiger partial charge < -0.3 is 9.30 Å². The third-order valence-electron chi connectivity index (χ3n) is 4.30. The fraction of sp³-hybridized carbons (Fsp3) is 0.444. The van der Waals surface area contributed by atoms with Gasteiger partial charge in [0.05, 0.1) is 11.7 Å². The van der Waals surface area contributed by atoms with E-state index in [9.17, 15) is 0 Å². The summed E-state index contributed by atoms with van der Waals surface area (Å²) >= 11 is 9.90. The van der Waals surface area contributed by atoms with Crippen molar-refractivity contribution in [3.63, 3.8) is 0 Å². The third-order valence-corrected chi connectivity index (χ3v) is 6.72. The number of nitrogens with zero attached hydrogens (tertiary/aromatic N) is 4. The van der Waals surface area contributed by atoms with Crippen LogP contribution in [0.1, 0.15) is 6.92 Å². The van der Waals surface area contributed by atoms with Gasteiger partial charge in [-0.15, -0.1) is 0 Å². The van der Waals surface area contributed by atoms with Crippen LogP contribution in [0.5, 0.6) is 0 Å². The average molecular weight is 456 g/mol. The number of fused-ring (bicyclic) bond motifs is 1. The summed E-state index contributed by atoms with van der Waals surface area (Å²) in [4.78, 5) is 4.35. The zero-order chi connectivity index (χ0) is 18.9. The maximum absolute atomic E-state index is 6.44. The number of hydrogen-bond acceptors (Lipinski definition) is 3. The van der Waals surface area contributed by atoms with E-state index in [-0.39, 0.29) is 0 Å². The monoisotopic (exact) mass is 454 g/mol. The van der Waals surface area contributed by atoms with Crippen molar-refractivity contribution in [3.8, 4) is 11.1 Å². The van der Waals surface area contributed by atoms with Crippen molar-refractivity contribution in [2.45, 2.75) is 45.9 Å². The summed E-state index contributed by atoms with van der Waals surface area (Å²) in [5.74, 6) is 0. The molecule has 0 saturated heterocycles. The third kappa shape index (κ3) is 4.39. The molecule has 0 bridgehead atoms. The molecule has 0 aliphatic heterocycles. The van der Waals surface area contributed by atoms with Gasteiger partial charge >= 0.3 is 0 Å². The predicted molar refractivity (Wildman–Crippen MR) is 113 cm³/mol. The van der Waals surface area contributed by atoms with Crippen LogP contribution in [0.3, 0.4) is 0 Å². The van der Waals surface area contributed by atoms with Crippen LogP contribution in [0.15, 0.2) is 29.3 Å². The van der Waals surface area contributed by atoms with E-state index in [1.807, 2.05) is 18.5 Å². The van der Waals surface area contributed by atoms with E-state index >= 15 is 0 Å². The second-order valence-corrected chi connectivity index (χ2v) is 14.4. The minimum atomic E-state index is -1.09. The highest BCUT2D eigenvalue weighted by Gasteiger charge is 2.17. The van der Waals surface area contributed by atoms with Gasteiger partial charge in [0.2, 0.25) is 0 Å². The van der Waals surface area contributed by atoms with Crippen molar-refractivity contribution in [3.05, 3.63) is 34.4 Å². The molecule has 0 aliphatic carbocycles. The molecule has 3 aromatic heterocycles. The molecule has 0 atom stereocenters. The molecule has 3 heterocycles. The lowest BCUT2D eigenvalue weighted by atomic mass is 10.1. The molecule has 0 amide bonds. The smallest absolute Gasteiger partial charge is 0.159 e. The number of hydrogen-bond donors (Lipinski definition) is 0. The number of ether oxygens (including phenoxy) is 1. The number of aromatic nitrogens is 4. The standard InChI is InChI=1S/C18H24BrClN4OSi/c1-5-23-10-14(13-8-17(19)21-9-16(13)23)15-11-24(22-18(15)20)12-25-6-7-26(2,3)4/h8-11H,5-7,12H2,1-4H3. The van der Waals surface area contributed by atoms with Gasteiger partial charge in [0, 0.05) is 50.1 Å². The molecule has 3 rings (SSSR count). The predicted octanol–water partition coefficient (Wildman–Crippen LogP) is 5.65. The molecule has 0 aromatic carbocycles. The molecule has 0 saturated carbocycles. The Morgan fingerprint density at radius 1 is 1.23 bits per heavy atom. The first kappa shape index (κ1) is 19.6. The quantitative estimate of drug-likeness (QED) is 0.263. The summed E-state index contributed by atoms with van der Waals surface area (Å²) < 4.78 is 10.5. The van der Waals surface area contributed by atoms with Gasteiger partial charge in [-0.1, -0.05) is 31.2 Å². The molecular formula is C18H24BrClN4OSi. The van der Waals surface area contributed by atoms with Crippen molar-refractivity contribution in [1.82, 2.24) is 19.3 Å². The van der Waals surface area contributed by atoms with E-state index in [4.69, 9.17) is 16.3 Å². The van der Waals surface area contributed by atoms with Gasteiger partial charge in [0.1, 0.15) is 11.3 Å². The highest BCUT2D eigenvalue weighted by Crippen LogP contribution is 2.35. The van der Waals surface area contributed by atoms with Crippen LogP contribution in [0.25, 0.3) is 22.0 Å². The Balaban J connectivity index is 1.85. The second kappa shape index (κ2) is 7.84. The van der Waals surface area contributed by atoms with E-state index in [0.717, 1.165) is 45.8 Å². The zero-order valence-corrected chi connectivity index (χ0v) is 18.9. The fourth-order valence-electron chi connectivity index (χ4n) is 2.82. The normalized spacial score (nSPS) is 12.2. The summed E-state index contributed by atoms with van der Waals surface area (Å²) in [6.45, 7) is 11.2. The van der Waals surface area contributed by atoms with Gasteiger partial charge in [0.15, 0.2) is 5.15 Å². The highest BCUT2D eigenvalue weighted by atomic mass is 79.9. The van der Waals surface area contributed by atoms with E-state index in [1.54, 1.807) is 4.68 Å². The molecule has 8 heteroatoms. The van der Waals surface area contributed by atoms with Crippen LogP contribution < -0.4 is 0 Å². The van der Waals surface area contributed by atoms with Gasteiger partial charge in [0.25, 0.3) is 0 Å². The Kier molecular flexibility index (Phi) is 5.91. The lowest BCUT2D eigenvalue weighted by Crippen LogP contribution is -2.22. The maximum Gasteiger partial charge on any atom is 0.159 e. The van der Waals surface area contributed by atoms with Crippen molar-refractivity contribution in [2.75, 3.05) is 6.61 Å². The first-order valence-corrected chi connectivity index (χ1v) is 13.6. The summed E-state index contributed by atoms with van der Waals surface area (Å²) in [7, 11) is -1.09. The molecule has 3 aromatic rings. The fourth-order valence-corrected chi connectivity index (χ4v) is 4.16. The summed E-state index contributed by atoms with van der Waals surface area (Å²) in [5, 5.41) is 6.01. The Hall–Kier alpha value is -1.15. The molecule has 0 aliphatic rings. The highest BCUT2D eigenvalue weighted by molar-refractivity contribution is 9.10. The van der Waals surface area contributed by atoms with Crippen molar-refractivity contribution >= 4 is 46.5 Å². The molecule has 5 nitrogen and oxygen atoms in total. The van der Waals surface area contributed by atoms with Crippen molar-refractivity contribution < 1.29 is 4.74 Å². The number of pyridine rings is 1. The molecule has 26 heavy (non-hydrogen) atoms. The average Bonchev–Trinajstić information content (AvgIpc) is 3.10. The Bertz CT molecular complexity index is 916. The van der Waals surface area contributed by atoms with E-state index in [2.05, 4.69) is 63.3 Å². The van der Waals surface area contributed by atoms with Gasteiger partial charge in [-0.3, -0.25) is 0 Å². The Morgan fingerprint density at radius 3 is 2.69 bits per heavy atom. The molecule has 0 N–H and O–H groups in total. The first-order chi connectivity index (χ1) is 12.3. The summed E-state index contributed by atoms with van der Waals surface area (Å²) in [5.41, 5.74) is 3.06. The second-order valence-electron chi connectivity index (χ2n) is 7.57. The minimum Gasteiger partial charge on any atom is -0.360 e. The van der Waals surface area contributed by atoms with Gasteiger partial charge in [-0.05, 0) is 35.0 Å². The van der Waals surface area contributed by atoms with Crippen LogP contribution in [0.2, 0.25) is 30.8 Å². The van der Waals surface area contributed by atoms with Crippen LogP contribution in [-0.2, 0) is 18.0 Å². The SMILES string of the molecule is CCn1cc(-c2cn(COCC[Si](C)(C)C)nc2Cl)c2cc(Br)ncc21. The van der Waals surface area contributed by atoms with Crippen molar-refractivity contribution in [1.29, 1.82) is 0 Å². The Labute approximate surface area is 168 Å². The molecule has 0 unspecified atom stereocenters. The summed E-state index contributed by atoms with van der Waals surface area (Å²) in [6.07, 6.45) is 5.95. The lowest BCUT2D eigenvalue weighted by Gasteiger charge is -2.15. The van der Waals surface area contributed by atoms with Crippen LogP contribution in [-0.4, -0.2) is 34.0 Å². The van der Waals surface area contributed by atoms with E-state index in [0.29, 0.717) is 11.9 Å². The molecule has 140 valence electrons. The summed E-state index contributed by atoms with van der Waals surface area (Å²) in [6, 6.07) is 3.16. The van der Waals surface area contributed by atoms with Crippen molar-refractivity contribution in [2.24, 2.45) is 0 Å². The van der Waals surface area contributed by atoms with Crippen LogP contribution in [0, 0.1) is 0 Å². The molecule has 0 fully saturated rings. The zero-order valence-electron chi connectivity index (χ0n) is 15.6. The minimum absolute atomic E-state index is 0.419. The van der Waals surface area contributed by atoms with Crippen LogP contribution >= 0.6 is 27.5 Å². The number of aryl methyl sites for hydroxylation is 1. The lowest BCUT2D eigenvalue weighted by molar-refractivity contribution is 0.0786. The molecule has 0 spiro atoms. The number of rotatable bonds is 7. The first-order valence-electron chi connectivity index (χ1n) is 8.74. The van der Waals surface area contributed by atoms with E-state index < -0.39 is 8.07 Å². The van der Waals surface area contributed by atoms with Gasteiger partial charge in [-0.25, -0.2) is 9.67 Å². The topological polar surface area (TPSA) is 44.9 Å². The molecule has 0 radical (unpaired) electrons. The molecular weight excluding hydrogens is 432 g/mol. The van der Waals surface area contributed by atoms with E-state index in [1.165, 1.54) is 0 Å². The Morgan fingerprint density at radius 2 is 2.00 bits per heavy atom.